The van der Waals surface area contributed by atoms with E-state index in [1.54, 1.807) is 0 Å². The molecule has 0 aliphatic heterocycles. The summed E-state index contributed by atoms with van der Waals surface area (Å²) in [4.78, 5) is 11.1. The van der Waals surface area contributed by atoms with Gasteiger partial charge in [0.2, 0.25) is 0 Å². The van der Waals surface area contributed by atoms with Crippen molar-refractivity contribution in [2.75, 3.05) is 0 Å². The second-order valence-corrected chi connectivity index (χ2v) is 11.5. The van der Waals surface area contributed by atoms with Gasteiger partial charge in [0.1, 0.15) is 0 Å². The van der Waals surface area contributed by atoms with Crippen molar-refractivity contribution in [2.24, 2.45) is 46.3 Å². The summed E-state index contributed by atoms with van der Waals surface area (Å²) in [5.74, 6) is 1.22. The fourth-order valence-electron chi connectivity index (χ4n) is 8.79. The van der Waals surface area contributed by atoms with Crippen molar-refractivity contribution in [1.82, 2.24) is 0 Å². The molecule has 29 heavy (non-hydrogen) atoms. The SMILES string of the molecule is C[C@H](CC(O)C(=O)O)C1CC[C@H]2C3C(CCC12C)C1(C)CC[C@@H](O)CC1C[C@H]3O. The Morgan fingerprint density at radius 2 is 1.66 bits per heavy atom. The molecule has 7 unspecified atom stereocenters. The topological polar surface area (TPSA) is 98.0 Å². The van der Waals surface area contributed by atoms with Gasteiger partial charge in [0, 0.05) is 0 Å². The predicted octanol–water partition coefficient (Wildman–Crippen LogP) is 3.45. The number of hydrogen-bond acceptors (Lipinski definition) is 4. The summed E-state index contributed by atoms with van der Waals surface area (Å²) in [5.41, 5.74) is 0.352. The quantitative estimate of drug-likeness (QED) is 0.571. The van der Waals surface area contributed by atoms with E-state index in [1.165, 1.54) is 0 Å². The highest BCUT2D eigenvalue weighted by Gasteiger charge is 2.62. The number of rotatable bonds is 4. The molecule has 5 nitrogen and oxygen atoms in total. The smallest absolute Gasteiger partial charge is 0.332 e. The Hall–Kier alpha value is -0.650. The van der Waals surface area contributed by atoms with Gasteiger partial charge in [0.05, 0.1) is 12.2 Å². The van der Waals surface area contributed by atoms with Gasteiger partial charge < -0.3 is 20.4 Å². The van der Waals surface area contributed by atoms with E-state index in [2.05, 4.69) is 20.8 Å². The van der Waals surface area contributed by atoms with Crippen LogP contribution >= 0.6 is 0 Å². The lowest BCUT2D eigenvalue weighted by Gasteiger charge is -2.62. The molecule has 0 aromatic carbocycles. The summed E-state index contributed by atoms with van der Waals surface area (Å²) >= 11 is 0. The van der Waals surface area contributed by atoms with Crippen LogP contribution in [0.3, 0.4) is 0 Å². The molecule has 0 spiro atoms. The number of carbonyl (C=O) groups is 1. The number of aliphatic hydroxyl groups excluding tert-OH is 3. The van der Waals surface area contributed by atoms with Crippen LogP contribution in [-0.2, 0) is 4.79 Å². The van der Waals surface area contributed by atoms with Crippen LogP contribution in [0.2, 0.25) is 0 Å². The molecule has 4 aliphatic carbocycles. The number of fused-ring (bicyclic) bond motifs is 5. The molecule has 5 heteroatoms. The second kappa shape index (κ2) is 7.49. The predicted molar refractivity (Wildman–Crippen MR) is 110 cm³/mol. The van der Waals surface area contributed by atoms with Gasteiger partial charge in [-0.3, -0.25) is 0 Å². The van der Waals surface area contributed by atoms with E-state index in [0.717, 1.165) is 51.4 Å². The molecule has 4 aliphatic rings. The van der Waals surface area contributed by atoms with Crippen molar-refractivity contribution < 1.29 is 25.2 Å². The van der Waals surface area contributed by atoms with Gasteiger partial charge in [-0.25, -0.2) is 4.79 Å². The van der Waals surface area contributed by atoms with Crippen molar-refractivity contribution >= 4 is 5.97 Å². The molecule has 4 saturated carbocycles. The van der Waals surface area contributed by atoms with E-state index in [4.69, 9.17) is 5.11 Å². The number of carboxylic acid groups (broad SMARTS) is 1. The first-order valence-electron chi connectivity index (χ1n) is 11.8. The summed E-state index contributed by atoms with van der Waals surface area (Å²) in [5, 5.41) is 40.5. The highest BCUT2D eigenvalue weighted by Crippen LogP contribution is 2.68. The number of aliphatic carboxylic acids is 1. The van der Waals surface area contributed by atoms with E-state index in [0.29, 0.717) is 36.0 Å². The van der Waals surface area contributed by atoms with Crippen LogP contribution in [-0.4, -0.2) is 44.7 Å². The maximum atomic E-state index is 11.2. The molecule has 0 aromatic heterocycles. The fourth-order valence-corrected chi connectivity index (χ4v) is 8.79. The highest BCUT2D eigenvalue weighted by molar-refractivity contribution is 5.71. The second-order valence-electron chi connectivity index (χ2n) is 11.5. The fraction of sp³-hybridized carbons (Fsp3) is 0.958. The molecule has 166 valence electrons. The zero-order chi connectivity index (χ0) is 21.1. The van der Waals surface area contributed by atoms with Crippen molar-refractivity contribution in [1.29, 1.82) is 0 Å². The van der Waals surface area contributed by atoms with Crippen LogP contribution < -0.4 is 0 Å². The molecule has 0 aromatic rings. The average molecular weight is 409 g/mol. The Morgan fingerprint density at radius 3 is 2.34 bits per heavy atom. The Labute approximate surface area is 174 Å². The van der Waals surface area contributed by atoms with Crippen LogP contribution in [0.4, 0.5) is 0 Å². The van der Waals surface area contributed by atoms with E-state index in [9.17, 15) is 20.1 Å². The van der Waals surface area contributed by atoms with Crippen molar-refractivity contribution in [2.45, 2.75) is 96.9 Å². The number of aliphatic hydroxyl groups is 3. The first kappa shape index (κ1) is 21.6. The molecule has 0 bridgehead atoms. The zero-order valence-electron chi connectivity index (χ0n) is 18.3. The normalized spacial score (nSPS) is 51.4. The monoisotopic (exact) mass is 408 g/mol. The molecular weight excluding hydrogens is 368 g/mol. The molecule has 4 fully saturated rings. The molecule has 0 heterocycles. The Balaban J connectivity index is 1.56. The Kier molecular flexibility index (Phi) is 5.57. The summed E-state index contributed by atoms with van der Waals surface area (Å²) < 4.78 is 0. The molecule has 4 rings (SSSR count). The minimum atomic E-state index is -1.28. The lowest BCUT2D eigenvalue weighted by Crippen LogP contribution is -2.58. The first-order chi connectivity index (χ1) is 13.6. The Bertz CT molecular complexity index is 637. The maximum Gasteiger partial charge on any atom is 0.332 e. The van der Waals surface area contributed by atoms with Gasteiger partial charge in [-0.15, -0.1) is 0 Å². The number of hydrogen-bond donors (Lipinski definition) is 4. The highest BCUT2D eigenvalue weighted by atomic mass is 16.4. The van der Waals surface area contributed by atoms with E-state index in [1.807, 2.05) is 0 Å². The van der Waals surface area contributed by atoms with Gasteiger partial charge >= 0.3 is 5.97 Å². The molecule has 0 radical (unpaired) electrons. The molecule has 4 N–H and O–H groups in total. The largest absolute Gasteiger partial charge is 0.479 e. The van der Waals surface area contributed by atoms with Crippen molar-refractivity contribution in [3.63, 3.8) is 0 Å². The van der Waals surface area contributed by atoms with Crippen molar-refractivity contribution in [3.05, 3.63) is 0 Å². The van der Waals surface area contributed by atoms with Crippen LogP contribution in [0.1, 0.15) is 78.6 Å². The van der Waals surface area contributed by atoms with Crippen LogP contribution in [0.15, 0.2) is 0 Å². The third-order valence-electron chi connectivity index (χ3n) is 10.3. The van der Waals surface area contributed by atoms with Crippen molar-refractivity contribution in [3.8, 4) is 0 Å². The minimum Gasteiger partial charge on any atom is -0.479 e. The third-order valence-corrected chi connectivity index (χ3v) is 10.3. The standard InChI is InChI=1S/C24H40O5/c1-13(10-20(27)22(28)29)16-4-5-17-21-18(7-9-24(16,17)3)23(2)8-6-15(25)11-14(23)12-19(21)26/h13-21,25-27H,4-12H2,1-3H3,(H,28,29)/t13-,14?,15-,16?,17+,18?,19-,20?,21?,23?,24?/m1/s1. The van der Waals surface area contributed by atoms with E-state index in [-0.39, 0.29) is 29.0 Å². The molecule has 11 atom stereocenters. The minimum absolute atomic E-state index is 0.122. The van der Waals surface area contributed by atoms with Crippen LogP contribution in [0.25, 0.3) is 0 Å². The summed E-state index contributed by atoms with van der Waals surface area (Å²) in [6.45, 7) is 6.91. The van der Waals surface area contributed by atoms with E-state index >= 15 is 0 Å². The van der Waals surface area contributed by atoms with Gasteiger partial charge in [-0.1, -0.05) is 20.8 Å². The molecular formula is C24H40O5. The molecule has 0 amide bonds. The lowest BCUT2D eigenvalue weighted by atomic mass is 9.43. The summed E-state index contributed by atoms with van der Waals surface area (Å²) in [6, 6.07) is 0. The van der Waals surface area contributed by atoms with Crippen LogP contribution in [0.5, 0.6) is 0 Å². The van der Waals surface area contributed by atoms with Gasteiger partial charge in [-0.2, -0.15) is 0 Å². The van der Waals surface area contributed by atoms with Gasteiger partial charge in [-0.05, 0) is 104 Å². The zero-order valence-corrected chi connectivity index (χ0v) is 18.3. The summed E-state index contributed by atoms with van der Waals surface area (Å²) in [7, 11) is 0. The molecule has 0 saturated heterocycles. The lowest BCUT2D eigenvalue weighted by molar-refractivity contribution is -0.174. The first-order valence-corrected chi connectivity index (χ1v) is 11.8. The third kappa shape index (κ3) is 3.36. The Morgan fingerprint density at radius 1 is 1.00 bits per heavy atom. The average Bonchev–Trinajstić information content (AvgIpc) is 3.00. The van der Waals surface area contributed by atoms with Gasteiger partial charge in [0.15, 0.2) is 6.10 Å². The summed E-state index contributed by atoms with van der Waals surface area (Å²) in [6.07, 6.45) is 6.60. The maximum absolute atomic E-state index is 11.2. The number of carboxylic acids is 1. The van der Waals surface area contributed by atoms with Crippen LogP contribution in [0, 0.1) is 46.3 Å². The van der Waals surface area contributed by atoms with E-state index < -0.39 is 12.1 Å². The van der Waals surface area contributed by atoms with Gasteiger partial charge in [0.25, 0.3) is 0 Å².